The van der Waals surface area contributed by atoms with Gasteiger partial charge < -0.3 is 10.4 Å². The second kappa shape index (κ2) is 5.19. The summed E-state index contributed by atoms with van der Waals surface area (Å²) in [4.78, 5) is 0. The Labute approximate surface area is 102 Å². The molecular formula is C15H19NO. The van der Waals surface area contributed by atoms with Gasteiger partial charge in [-0.15, -0.1) is 0 Å². The van der Waals surface area contributed by atoms with E-state index in [1.165, 1.54) is 10.8 Å². The number of fused-ring (bicyclic) bond motifs is 1. The van der Waals surface area contributed by atoms with Crippen LogP contribution >= 0.6 is 0 Å². The van der Waals surface area contributed by atoms with Crippen molar-refractivity contribution in [3.05, 3.63) is 42.5 Å². The fraction of sp³-hybridized carbons (Fsp3) is 0.333. The molecule has 2 heteroatoms. The molecule has 17 heavy (non-hydrogen) atoms. The van der Waals surface area contributed by atoms with Crippen LogP contribution < -0.4 is 5.32 Å². The Morgan fingerprint density at radius 3 is 2.47 bits per heavy atom. The highest BCUT2D eigenvalue weighted by molar-refractivity contribution is 5.85. The van der Waals surface area contributed by atoms with Crippen molar-refractivity contribution < 1.29 is 5.11 Å². The van der Waals surface area contributed by atoms with Gasteiger partial charge in [-0.2, -0.15) is 0 Å². The molecule has 0 aliphatic heterocycles. The molecule has 0 aliphatic rings. The zero-order valence-corrected chi connectivity index (χ0v) is 10.4. The molecule has 2 rings (SSSR count). The largest absolute Gasteiger partial charge is 0.391 e. The summed E-state index contributed by atoms with van der Waals surface area (Å²) in [5, 5.41) is 15.5. The van der Waals surface area contributed by atoms with E-state index in [1.54, 1.807) is 0 Å². The van der Waals surface area contributed by atoms with E-state index >= 15 is 0 Å². The number of nitrogens with one attached hydrogen (secondary N) is 1. The number of aliphatic hydroxyl groups excluding tert-OH is 1. The van der Waals surface area contributed by atoms with Crippen LogP contribution in [0.4, 0.5) is 5.69 Å². The average Bonchev–Trinajstić information content (AvgIpc) is 2.35. The van der Waals surface area contributed by atoms with Gasteiger partial charge in [0.25, 0.3) is 0 Å². The zero-order valence-electron chi connectivity index (χ0n) is 10.4. The fourth-order valence-corrected chi connectivity index (χ4v) is 1.76. The SMILES string of the molecule is CC(C)C(O)CNc1ccc2ccccc2c1. The van der Waals surface area contributed by atoms with Crippen molar-refractivity contribution in [2.45, 2.75) is 20.0 Å². The van der Waals surface area contributed by atoms with E-state index in [-0.39, 0.29) is 12.0 Å². The van der Waals surface area contributed by atoms with Gasteiger partial charge in [0.05, 0.1) is 6.10 Å². The van der Waals surface area contributed by atoms with Gasteiger partial charge in [0, 0.05) is 12.2 Å². The Bertz CT molecular complexity index is 493. The lowest BCUT2D eigenvalue weighted by molar-refractivity contribution is 0.138. The first-order chi connectivity index (χ1) is 8.16. The first-order valence-corrected chi connectivity index (χ1v) is 6.07. The summed E-state index contributed by atoms with van der Waals surface area (Å²) in [6.45, 7) is 4.63. The Balaban J connectivity index is 2.09. The van der Waals surface area contributed by atoms with E-state index in [4.69, 9.17) is 0 Å². The molecule has 0 fully saturated rings. The van der Waals surface area contributed by atoms with Gasteiger partial charge >= 0.3 is 0 Å². The molecule has 0 radical (unpaired) electrons. The second-order valence-corrected chi connectivity index (χ2v) is 4.75. The molecule has 2 N–H and O–H groups in total. The number of anilines is 1. The molecule has 0 aromatic heterocycles. The lowest BCUT2D eigenvalue weighted by Gasteiger charge is -2.16. The molecule has 0 saturated heterocycles. The highest BCUT2D eigenvalue weighted by Crippen LogP contribution is 2.18. The van der Waals surface area contributed by atoms with E-state index in [0.717, 1.165) is 5.69 Å². The fourth-order valence-electron chi connectivity index (χ4n) is 1.76. The molecule has 0 spiro atoms. The predicted octanol–water partition coefficient (Wildman–Crippen LogP) is 3.27. The smallest absolute Gasteiger partial charge is 0.0735 e. The van der Waals surface area contributed by atoms with Gasteiger partial charge in [0.2, 0.25) is 0 Å². The van der Waals surface area contributed by atoms with Gasteiger partial charge in [-0.3, -0.25) is 0 Å². The zero-order chi connectivity index (χ0) is 12.3. The van der Waals surface area contributed by atoms with Crippen molar-refractivity contribution in [3.8, 4) is 0 Å². The highest BCUT2D eigenvalue weighted by Gasteiger charge is 2.08. The predicted molar refractivity (Wildman–Crippen MR) is 73.3 cm³/mol. The normalized spacial score (nSPS) is 12.9. The Kier molecular flexibility index (Phi) is 3.64. The van der Waals surface area contributed by atoms with Crippen LogP contribution in [0, 0.1) is 5.92 Å². The molecule has 0 bridgehead atoms. The summed E-state index contributed by atoms with van der Waals surface area (Å²) < 4.78 is 0. The number of hydrogen-bond acceptors (Lipinski definition) is 2. The summed E-state index contributed by atoms with van der Waals surface area (Å²) in [7, 11) is 0. The van der Waals surface area contributed by atoms with Crippen molar-refractivity contribution in [3.63, 3.8) is 0 Å². The number of benzene rings is 2. The first kappa shape index (κ1) is 11.9. The molecular weight excluding hydrogens is 210 g/mol. The maximum absolute atomic E-state index is 9.74. The van der Waals surface area contributed by atoms with Crippen molar-refractivity contribution >= 4 is 16.5 Å². The minimum atomic E-state index is -0.304. The number of rotatable bonds is 4. The molecule has 1 unspecified atom stereocenters. The van der Waals surface area contributed by atoms with Crippen molar-refractivity contribution in [1.82, 2.24) is 0 Å². The Hall–Kier alpha value is -1.54. The van der Waals surface area contributed by atoms with Gasteiger partial charge in [-0.1, -0.05) is 44.2 Å². The molecule has 0 saturated carbocycles. The van der Waals surface area contributed by atoms with Gasteiger partial charge in [0.1, 0.15) is 0 Å². The summed E-state index contributed by atoms with van der Waals surface area (Å²) in [6.07, 6.45) is -0.304. The van der Waals surface area contributed by atoms with Crippen molar-refractivity contribution in [2.24, 2.45) is 5.92 Å². The lowest BCUT2D eigenvalue weighted by atomic mass is 10.1. The van der Waals surface area contributed by atoms with Crippen LogP contribution in [0.25, 0.3) is 10.8 Å². The van der Waals surface area contributed by atoms with Crippen LogP contribution in [-0.4, -0.2) is 17.8 Å². The third-order valence-corrected chi connectivity index (χ3v) is 3.03. The topological polar surface area (TPSA) is 32.3 Å². The van der Waals surface area contributed by atoms with E-state index < -0.39 is 0 Å². The van der Waals surface area contributed by atoms with Gasteiger partial charge in [-0.05, 0) is 28.8 Å². The van der Waals surface area contributed by atoms with Crippen LogP contribution in [0.5, 0.6) is 0 Å². The molecule has 2 aromatic carbocycles. The molecule has 2 aromatic rings. The Morgan fingerprint density at radius 2 is 1.76 bits per heavy atom. The van der Waals surface area contributed by atoms with Gasteiger partial charge in [-0.25, -0.2) is 0 Å². The molecule has 0 aliphatic carbocycles. The van der Waals surface area contributed by atoms with E-state index in [1.807, 2.05) is 26.0 Å². The summed E-state index contributed by atoms with van der Waals surface area (Å²) in [5.74, 6) is 0.281. The van der Waals surface area contributed by atoms with E-state index in [2.05, 4.69) is 35.6 Å². The lowest BCUT2D eigenvalue weighted by Crippen LogP contribution is -2.24. The van der Waals surface area contributed by atoms with Crippen LogP contribution in [0.15, 0.2) is 42.5 Å². The molecule has 2 nitrogen and oxygen atoms in total. The summed E-state index contributed by atoms with van der Waals surface area (Å²) in [5.41, 5.74) is 1.06. The third-order valence-electron chi connectivity index (χ3n) is 3.03. The molecule has 0 heterocycles. The van der Waals surface area contributed by atoms with Crippen LogP contribution in [-0.2, 0) is 0 Å². The number of hydrogen-bond donors (Lipinski definition) is 2. The Morgan fingerprint density at radius 1 is 1.06 bits per heavy atom. The van der Waals surface area contributed by atoms with E-state index in [9.17, 15) is 5.11 Å². The van der Waals surface area contributed by atoms with Crippen LogP contribution in [0.2, 0.25) is 0 Å². The number of aliphatic hydroxyl groups is 1. The minimum absolute atomic E-state index is 0.281. The van der Waals surface area contributed by atoms with Crippen molar-refractivity contribution in [1.29, 1.82) is 0 Å². The third kappa shape index (κ3) is 2.98. The quantitative estimate of drug-likeness (QED) is 0.843. The maximum atomic E-state index is 9.74. The highest BCUT2D eigenvalue weighted by atomic mass is 16.3. The van der Waals surface area contributed by atoms with Crippen LogP contribution in [0.3, 0.4) is 0 Å². The van der Waals surface area contributed by atoms with Gasteiger partial charge in [0.15, 0.2) is 0 Å². The first-order valence-electron chi connectivity index (χ1n) is 6.07. The van der Waals surface area contributed by atoms with E-state index in [0.29, 0.717) is 6.54 Å². The maximum Gasteiger partial charge on any atom is 0.0735 e. The minimum Gasteiger partial charge on any atom is -0.391 e. The summed E-state index contributed by atoms with van der Waals surface area (Å²) in [6, 6.07) is 14.5. The van der Waals surface area contributed by atoms with Crippen molar-refractivity contribution in [2.75, 3.05) is 11.9 Å². The molecule has 1 atom stereocenters. The molecule has 90 valence electrons. The molecule has 0 amide bonds. The monoisotopic (exact) mass is 229 g/mol. The average molecular weight is 229 g/mol. The standard InChI is InChI=1S/C15H19NO/c1-11(2)15(17)10-16-14-8-7-12-5-3-4-6-13(12)9-14/h3-9,11,15-17H,10H2,1-2H3. The summed E-state index contributed by atoms with van der Waals surface area (Å²) >= 11 is 0. The second-order valence-electron chi connectivity index (χ2n) is 4.75. The van der Waals surface area contributed by atoms with Crippen LogP contribution in [0.1, 0.15) is 13.8 Å².